The van der Waals surface area contributed by atoms with Crippen molar-refractivity contribution in [3.63, 3.8) is 0 Å². The van der Waals surface area contributed by atoms with Crippen LogP contribution in [0.15, 0.2) is 70.1 Å². The van der Waals surface area contributed by atoms with Gasteiger partial charge in [0.25, 0.3) is 11.5 Å². The molecule has 0 saturated carbocycles. The average molecular weight is 403 g/mol. The third-order valence-electron chi connectivity index (χ3n) is 4.76. The van der Waals surface area contributed by atoms with Crippen LogP contribution < -0.4 is 10.9 Å². The summed E-state index contributed by atoms with van der Waals surface area (Å²) in [7, 11) is 0. The summed E-state index contributed by atoms with van der Waals surface area (Å²) in [5.74, 6) is -0.192. The zero-order valence-corrected chi connectivity index (χ0v) is 15.4. The average Bonchev–Trinajstić information content (AvgIpc) is 3.42. The highest BCUT2D eigenvalue weighted by Gasteiger charge is 2.17. The number of halogens is 1. The van der Waals surface area contributed by atoms with Crippen LogP contribution in [-0.2, 0) is 6.54 Å². The topological polar surface area (TPSA) is 105 Å². The van der Waals surface area contributed by atoms with Crippen LogP contribution in [0.5, 0.6) is 0 Å². The Bertz CT molecular complexity index is 1450. The second kappa shape index (κ2) is 6.96. The molecular formula is C21H14FN5O3. The van der Waals surface area contributed by atoms with E-state index < -0.39 is 11.4 Å². The number of fused-ring (bicyclic) bond motifs is 3. The Kier molecular flexibility index (Phi) is 4.13. The van der Waals surface area contributed by atoms with E-state index in [1.165, 1.54) is 22.9 Å². The summed E-state index contributed by atoms with van der Waals surface area (Å²) in [5, 5.41) is 9.96. The van der Waals surface area contributed by atoms with Crippen LogP contribution in [0.1, 0.15) is 16.1 Å². The van der Waals surface area contributed by atoms with Crippen LogP contribution in [-0.4, -0.2) is 25.7 Å². The van der Waals surface area contributed by atoms with Gasteiger partial charge < -0.3 is 9.73 Å². The molecule has 2 N–H and O–H groups in total. The molecule has 2 aromatic carbocycles. The summed E-state index contributed by atoms with van der Waals surface area (Å²) in [4.78, 5) is 29.2. The molecule has 0 aliphatic heterocycles. The number of aromatic amines is 1. The van der Waals surface area contributed by atoms with Crippen molar-refractivity contribution in [2.75, 3.05) is 0 Å². The van der Waals surface area contributed by atoms with Gasteiger partial charge in [0, 0.05) is 11.1 Å². The Balaban J connectivity index is 1.60. The van der Waals surface area contributed by atoms with Crippen molar-refractivity contribution in [1.82, 2.24) is 25.1 Å². The van der Waals surface area contributed by atoms with Gasteiger partial charge in [0.1, 0.15) is 17.3 Å². The van der Waals surface area contributed by atoms with Crippen molar-refractivity contribution in [3.8, 4) is 11.3 Å². The number of furan rings is 1. The summed E-state index contributed by atoms with van der Waals surface area (Å²) in [6.07, 6.45) is 1.53. The van der Waals surface area contributed by atoms with Crippen molar-refractivity contribution in [1.29, 1.82) is 0 Å². The van der Waals surface area contributed by atoms with E-state index in [1.54, 1.807) is 42.5 Å². The van der Waals surface area contributed by atoms with Gasteiger partial charge in [-0.3, -0.25) is 9.59 Å². The highest BCUT2D eigenvalue weighted by molar-refractivity contribution is 5.98. The molecule has 8 nitrogen and oxygen atoms in total. The first-order valence-corrected chi connectivity index (χ1v) is 9.08. The zero-order chi connectivity index (χ0) is 20.7. The summed E-state index contributed by atoms with van der Waals surface area (Å²) >= 11 is 0. The Morgan fingerprint density at radius 2 is 2.03 bits per heavy atom. The number of nitrogens with one attached hydrogen (secondary N) is 2. The van der Waals surface area contributed by atoms with Crippen molar-refractivity contribution >= 4 is 22.5 Å². The zero-order valence-electron chi connectivity index (χ0n) is 15.4. The maximum Gasteiger partial charge on any atom is 0.281 e. The largest absolute Gasteiger partial charge is 0.467 e. The van der Waals surface area contributed by atoms with Crippen LogP contribution >= 0.6 is 0 Å². The molecule has 3 aromatic heterocycles. The molecule has 3 heterocycles. The van der Waals surface area contributed by atoms with Crippen LogP contribution in [0.4, 0.5) is 4.39 Å². The number of rotatable bonds is 4. The number of hydrogen-bond acceptors (Lipinski definition) is 5. The number of amides is 1. The number of aromatic nitrogens is 4. The molecule has 0 fully saturated rings. The molecule has 0 aliphatic rings. The van der Waals surface area contributed by atoms with E-state index in [2.05, 4.69) is 20.6 Å². The molecule has 0 spiro atoms. The maximum atomic E-state index is 14.2. The summed E-state index contributed by atoms with van der Waals surface area (Å²) in [6.45, 7) is 0.233. The lowest BCUT2D eigenvalue weighted by atomic mass is 10.1. The molecule has 0 saturated heterocycles. The Morgan fingerprint density at radius 3 is 2.83 bits per heavy atom. The number of carbonyl (C=O) groups is 1. The van der Waals surface area contributed by atoms with Gasteiger partial charge in [0.2, 0.25) is 0 Å². The second-order valence-electron chi connectivity index (χ2n) is 6.61. The van der Waals surface area contributed by atoms with Crippen LogP contribution in [0, 0.1) is 5.82 Å². The summed E-state index contributed by atoms with van der Waals surface area (Å²) < 4.78 is 20.9. The number of nitrogens with zero attached hydrogens (tertiary/aromatic N) is 3. The van der Waals surface area contributed by atoms with Gasteiger partial charge >= 0.3 is 0 Å². The van der Waals surface area contributed by atoms with Crippen LogP contribution in [0.25, 0.3) is 27.8 Å². The minimum atomic E-state index is -0.494. The summed E-state index contributed by atoms with van der Waals surface area (Å²) in [6, 6.07) is 14.2. The number of benzene rings is 2. The molecule has 0 bridgehead atoms. The molecular weight excluding hydrogens is 389 g/mol. The minimum absolute atomic E-state index is 0.172. The molecule has 5 aromatic rings. The minimum Gasteiger partial charge on any atom is -0.467 e. The van der Waals surface area contributed by atoms with Crippen molar-refractivity contribution < 1.29 is 13.6 Å². The van der Waals surface area contributed by atoms with Crippen molar-refractivity contribution in [2.45, 2.75) is 6.54 Å². The monoisotopic (exact) mass is 403 g/mol. The predicted molar refractivity (Wildman–Crippen MR) is 106 cm³/mol. The third-order valence-corrected chi connectivity index (χ3v) is 4.76. The first-order valence-electron chi connectivity index (χ1n) is 9.08. The third kappa shape index (κ3) is 2.93. The molecule has 0 atom stereocenters. The fourth-order valence-electron chi connectivity index (χ4n) is 3.29. The quantitative estimate of drug-likeness (QED) is 0.480. The number of hydrogen-bond donors (Lipinski definition) is 2. The fourth-order valence-corrected chi connectivity index (χ4v) is 3.29. The molecule has 5 rings (SSSR count). The lowest BCUT2D eigenvalue weighted by molar-refractivity contribution is 0.0948. The molecule has 1 amide bonds. The van der Waals surface area contributed by atoms with Gasteiger partial charge in [-0.1, -0.05) is 12.1 Å². The molecule has 148 valence electrons. The van der Waals surface area contributed by atoms with E-state index in [1.807, 2.05) is 0 Å². The standard InChI is InChI=1S/C21H14FN5O3/c22-16-6-2-1-5-14(16)18-19-24-21(29)15-8-7-12(10-17(15)27(19)26-25-18)20(28)23-11-13-4-3-9-30-13/h1-10,26H,11H2,(H,23,28). The van der Waals surface area contributed by atoms with E-state index in [0.717, 1.165) is 0 Å². The maximum absolute atomic E-state index is 14.2. The lowest BCUT2D eigenvalue weighted by Crippen LogP contribution is -2.22. The predicted octanol–water partition coefficient (Wildman–Crippen LogP) is 2.90. The lowest BCUT2D eigenvalue weighted by Gasteiger charge is -2.06. The van der Waals surface area contributed by atoms with Gasteiger partial charge in [-0.05, 0) is 42.5 Å². The second-order valence-corrected chi connectivity index (χ2v) is 6.61. The summed E-state index contributed by atoms with van der Waals surface area (Å²) in [5.41, 5.74) is 0.855. The highest BCUT2D eigenvalue weighted by Crippen LogP contribution is 2.25. The van der Waals surface area contributed by atoms with E-state index in [-0.39, 0.29) is 29.4 Å². The van der Waals surface area contributed by atoms with Gasteiger partial charge in [0.15, 0.2) is 5.65 Å². The van der Waals surface area contributed by atoms with E-state index in [4.69, 9.17) is 4.42 Å². The number of carbonyl (C=O) groups excluding carboxylic acids is 1. The van der Waals surface area contributed by atoms with Gasteiger partial charge in [0.05, 0.1) is 23.7 Å². The first-order chi connectivity index (χ1) is 14.6. The number of H-pyrrole nitrogens is 1. The molecule has 0 aliphatic carbocycles. The van der Waals surface area contributed by atoms with Crippen LogP contribution in [0.3, 0.4) is 0 Å². The van der Waals surface area contributed by atoms with Gasteiger partial charge in [-0.2, -0.15) is 10.1 Å². The molecule has 0 unspecified atom stereocenters. The smallest absolute Gasteiger partial charge is 0.281 e. The molecule has 30 heavy (non-hydrogen) atoms. The van der Waals surface area contributed by atoms with E-state index in [9.17, 15) is 14.0 Å². The van der Waals surface area contributed by atoms with Gasteiger partial charge in [-0.15, -0.1) is 0 Å². The first kappa shape index (κ1) is 17.8. The Labute approximate surface area is 168 Å². The SMILES string of the molecule is O=C(NCc1ccco1)c1ccc2c(=O)nc3c(-c4ccccc4F)n[nH]n3c2c1. The highest BCUT2D eigenvalue weighted by atomic mass is 19.1. The molecule has 9 heteroatoms. The van der Waals surface area contributed by atoms with Crippen LogP contribution in [0.2, 0.25) is 0 Å². The van der Waals surface area contributed by atoms with E-state index >= 15 is 0 Å². The van der Waals surface area contributed by atoms with Crippen molar-refractivity contribution in [2.24, 2.45) is 0 Å². The Morgan fingerprint density at radius 1 is 1.17 bits per heavy atom. The fraction of sp³-hybridized carbons (Fsp3) is 0.0476. The van der Waals surface area contributed by atoms with E-state index in [0.29, 0.717) is 22.2 Å². The Hall–Kier alpha value is -4.27. The molecule has 0 radical (unpaired) electrons. The normalized spacial score (nSPS) is 11.2. The van der Waals surface area contributed by atoms with Gasteiger partial charge in [-0.25, -0.2) is 14.1 Å². The van der Waals surface area contributed by atoms with Crippen molar-refractivity contribution in [3.05, 3.63) is 88.4 Å².